The lowest BCUT2D eigenvalue weighted by Crippen LogP contribution is -2.62. The molecular formula is C27H36O9S. The van der Waals surface area contributed by atoms with E-state index in [1.165, 1.54) is 6.08 Å². The molecule has 4 rings (SSSR count). The van der Waals surface area contributed by atoms with Gasteiger partial charge in [-0.05, 0) is 56.1 Å². The molecule has 0 aromatic heterocycles. The van der Waals surface area contributed by atoms with Crippen LogP contribution in [-0.2, 0) is 38.2 Å². The maximum atomic E-state index is 13.9. The van der Waals surface area contributed by atoms with E-state index >= 15 is 0 Å². The Morgan fingerprint density at radius 2 is 1.89 bits per heavy atom. The highest BCUT2D eigenvalue weighted by molar-refractivity contribution is 7.86. The van der Waals surface area contributed by atoms with E-state index in [1.807, 2.05) is 19.9 Å². The van der Waals surface area contributed by atoms with Gasteiger partial charge >= 0.3 is 6.16 Å². The number of carbonyl (C=O) groups is 4. The minimum atomic E-state index is -3.93. The Kier molecular flexibility index (Phi) is 7.31. The van der Waals surface area contributed by atoms with Gasteiger partial charge in [0.05, 0.1) is 12.9 Å². The highest BCUT2D eigenvalue weighted by Gasteiger charge is 2.70. The first-order valence-electron chi connectivity index (χ1n) is 13.0. The summed E-state index contributed by atoms with van der Waals surface area (Å²) in [6.07, 6.45) is 8.24. The minimum absolute atomic E-state index is 0.0175. The van der Waals surface area contributed by atoms with Gasteiger partial charge in [-0.1, -0.05) is 38.8 Å². The van der Waals surface area contributed by atoms with Gasteiger partial charge in [-0.25, -0.2) is 4.79 Å². The summed E-state index contributed by atoms with van der Waals surface area (Å²) < 4.78 is 39.1. The molecule has 0 saturated heterocycles. The summed E-state index contributed by atoms with van der Waals surface area (Å²) in [6, 6.07) is 0. The normalized spacial score (nSPS) is 36.8. The van der Waals surface area contributed by atoms with Crippen molar-refractivity contribution in [2.24, 2.45) is 28.6 Å². The smallest absolute Gasteiger partial charge is 0.434 e. The van der Waals surface area contributed by atoms with E-state index in [4.69, 9.17) is 13.7 Å². The van der Waals surface area contributed by atoms with Crippen LogP contribution in [0.25, 0.3) is 0 Å². The number of hydrogen-bond donors (Lipinski definition) is 0. The van der Waals surface area contributed by atoms with Crippen molar-refractivity contribution < 1.29 is 41.3 Å². The van der Waals surface area contributed by atoms with Crippen LogP contribution in [0.1, 0.15) is 65.7 Å². The van der Waals surface area contributed by atoms with E-state index < -0.39 is 45.1 Å². The Balaban J connectivity index is 1.70. The van der Waals surface area contributed by atoms with Crippen molar-refractivity contribution in [2.45, 2.75) is 71.3 Å². The van der Waals surface area contributed by atoms with Crippen molar-refractivity contribution in [1.29, 1.82) is 0 Å². The van der Waals surface area contributed by atoms with Gasteiger partial charge in [-0.15, -0.1) is 0 Å². The fourth-order valence-corrected chi connectivity index (χ4v) is 7.77. The third-order valence-corrected chi connectivity index (χ3v) is 9.75. The average Bonchev–Trinajstić information content (AvgIpc) is 3.09. The van der Waals surface area contributed by atoms with Gasteiger partial charge in [0, 0.05) is 23.2 Å². The van der Waals surface area contributed by atoms with Crippen LogP contribution < -0.4 is 0 Å². The molecule has 6 atom stereocenters. The zero-order chi connectivity index (χ0) is 27.2. The van der Waals surface area contributed by atoms with Crippen molar-refractivity contribution in [3.63, 3.8) is 0 Å². The summed E-state index contributed by atoms with van der Waals surface area (Å²) in [4.78, 5) is 52.3. The molecule has 3 fully saturated rings. The molecule has 0 heterocycles. The first-order valence-corrected chi connectivity index (χ1v) is 14.8. The maximum absolute atomic E-state index is 13.9. The number of unbranched alkanes of at least 4 members (excludes halogenated alkanes) is 1. The van der Waals surface area contributed by atoms with Crippen LogP contribution in [0.5, 0.6) is 0 Å². The SMILES string of the molecule is CCCCOC(=O)O[C@]1(C(=O)COS(C)(=O)=O)CC[C@H]2[C@@H]3CCC4=CC(=O)C=C[C@]4(C)[C@H]3C(=O)C[C@@]21C. The molecule has 10 heteroatoms. The van der Waals surface area contributed by atoms with Gasteiger partial charge < -0.3 is 9.47 Å². The monoisotopic (exact) mass is 536 g/mol. The standard InChI is InChI=1S/C27H36O9S/c1-5-6-13-34-24(31)36-27(22(30)16-35-37(4,32)33)12-10-20-19-8-7-17-14-18(28)9-11-25(17,2)23(19)21(29)15-26(20,27)3/h9,11,14,19-20,23H,5-8,10,12-13,15-16H2,1-4H3/t19-,20-,23+,25-,26-,27-/m0/s1. The van der Waals surface area contributed by atoms with Crippen molar-refractivity contribution in [3.05, 3.63) is 23.8 Å². The summed E-state index contributed by atoms with van der Waals surface area (Å²) in [5.74, 6) is -1.40. The van der Waals surface area contributed by atoms with E-state index in [2.05, 4.69) is 0 Å². The minimum Gasteiger partial charge on any atom is -0.434 e. The summed E-state index contributed by atoms with van der Waals surface area (Å²) in [6.45, 7) is 5.07. The number of Topliss-reactive ketones (excluding diaryl/α,β-unsaturated/α-hetero) is 2. The first-order chi connectivity index (χ1) is 17.3. The fraction of sp³-hybridized carbons (Fsp3) is 0.704. The molecule has 0 radical (unpaired) electrons. The van der Waals surface area contributed by atoms with E-state index in [1.54, 1.807) is 13.0 Å². The van der Waals surface area contributed by atoms with Crippen LogP contribution >= 0.6 is 0 Å². The van der Waals surface area contributed by atoms with Crippen molar-refractivity contribution >= 4 is 33.6 Å². The highest BCUT2D eigenvalue weighted by Crippen LogP contribution is 2.67. The lowest BCUT2D eigenvalue weighted by atomic mass is 9.46. The maximum Gasteiger partial charge on any atom is 0.509 e. The van der Waals surface area contributed by atoms with Crippen molar-refractivity contribution in [2.75, 3.05) is 19.5 Å². The van der Waals surface area contributed by atoms with Gasteiger partial charge in [-0.2, -0.15) is 8.42 Å². The summed E-state index contributed by atoms with van der Waals surface area (Å²) >= 11 is 0. The average molecular weight is 537 g/mol. The molecule has 0 spiro atoms. The zero-order valence-corrected chi connectivity index (χ0v) is 22.7. The number of hydrogen-bond acceptors (Lipinski definition) is 9. The first kappa shape index (κ1) is 27.7. The van der Waals surface area contributed by atoms with Crippen molar-refractivity contribution in [1.82, 2.24) is 0 Å². The molecule has 9 nitrogen and oxygen atoms in total. The highest BCUT2D eigenvalue weighted by atomic mass is 32.2. The third kappa shape index (κ3) is 4.71. The van der Waals surface area contributed by atoms with Gasteiger partial charge in [0.25, 0.3) is 10.1 Å². The molecule has 204 valence electrons. The number of allylic oxidation sites excluding steroid dienone is 4. The topological polar surface area (TPSA) is 130 Å². The quantitative estimate of drug-likeness (QED) is 0.259. The number of ketones is 3. The van der Waals surface area contributed by atoms with E-state index in [0.29, 0.717) is 25.7 Å². The lowest BCUT2D eigenvalue weighted by molar-refractivity contribution is -0.172. The van der Waals surface area contributed by atoms with E-state index in [0.717, 1.165) is 18.2 Å². The van der Waals surface area contributed by atoms with E-state index in [-0.39, 0.29) is 48.8 Å². The Labute approximate surface area is 218 Å². The Morgan fingerprint density at radius 1 is 1.16 bits per heavy atom. The number of carbonyl (C=O) groups excluding carboxylic acids is 4. The van der Waals surface area contributed by atoms with Crippen molar-refractivity contribution in [3.8, 4) is 0 Å². The summed E-state index contributed by atoms with van der Waals surface area (Å²) in [5.41, 5.74) is -2.43. The molecule has 0 N–H and O–H groups in total. The third-order valence-electron chi connectivity index (χ3n) is 9.21. The largest absolute Gasteiger partial charge is 0.509 e. The van der Waals surface area contributed by atoms with Crippen LogP contribution in [-0.4, -0.2) is 57.0 Å². The second-order valence-electron chi connectivity index (χ2n) is 11.3. The van der Waals surface area contributed by atoms with Crippen LogP contribution in [0.2, 0.25) is 0 Å². The van der Waals surface area contributed by atoms with Gasteiger partial charge in [0.1, 0.15) is 12.4 Å². The predicted molar refractivity (Wildman–Crippen MR) is 133 cm³/mol. The Hall–Kier alpha value is -2.33. The van der Waals surface area contributed by atoms with Crippen LogP contribution in [0.4, 0.5) is 4.79 Å². The van der Waals surface area contributed by atoms with Gasteiger partial charge in [0.15, 0.2) is 11.4 Å². The number of ether oxygens (including phenoxy) is 2. The lowest BCUT2D eigenvalue weighted by Gasteiger charge is -2.57. The van der Waals surface area contributed by atoms with E-state index in [9.17, 15) is 27.6 Å². The zero-order valence-electron chi connectivity index (χ0n) is 21.9. The second kappa shape index (κ2) is 9.76. The predicted octanol–water partition coefficient (Wildman–Crippen LogP) is 3.71. The number of fused-ring (bicyclic) bond motifs is 5. The Morgan fingerprint density at radius 3 is 2.57 bits per heavy atom. The summed E-state index contributed by atoms with van der Waals surface area (Å²) in [7, 11) is -3.93. The van der Waals surface area contributed by atoms with Gasteiger partial charge in [0.2, 0.25) is 5.78 Å². The molecule has 0 unspecified atom stereocenters. The molecule has 0 bridgehead atoms. The molecule has 3 saturated carbocycles. The molecule has 0 aromatic rings. The Bertz CT molecular complexity index is 1170. The van der Waals surface area contributed by atoms with Crippen LogP contribution in [0.15, 0.2) is 23.8 Å². The molecule has 0 amide bonds. The molecular weight excluding hydrogens is 500 g/mol. The molecule has 0 aromatic carbocycles. The van der Waals surface area contributed by atoms with Gasteiger partial charge in [-0.3, -0.25) is 18.6 Å². The van der Waals surface area contributed by atoms with Crippen LogP contribution in [0.3, 0.4) is 0 Å². The fourth-order valence-electron chi connectivity index (χ4n) is 7.45. The second-order valence-corrected chi connectivity index (χ2v) is 13.0. The molecule has 37 heavy (non-hydrogen) atoms. The molecule has 4 aliphatic carbocycles. The van der Waals surface area contributed by atoms with Crippen LogP contribution in [0, 0.1) is 28.6 Å². The number of rotatable bonds is 8. The molecule has 0 aliphatic heterocycles. The summed E-state index contributed by atoms with van der Waals surface area (Å²) in [5, 5.41) is 0. The molecule has 4 aliphatic rings.